The Kier molecular flexibility index (Phi) is 2.65. The maximum absolute atomic E-state index is 11.9. The van der Waals surface area contributed by atoms with E-state index in [1.807, 2.05) is 4.90 Å². The van der Waals surface area contributed by atoms with Gasteiger partial charge in [-0.05, 0) is 65.1 Å². The lowest BCUT2D eigenvalue weighted by molar-refractivity contribution is -0.117. The molecule has 2 aliphatic rings. The highest BCUT2D eigenvalue weighted by molar-refractivity contribution is 14.1. The lowest BCUT2D eigenvalue weighted by Gasteiger charge is -2.30. The van der Waals surface area contributed by atoms with Crippen molar-refractivity contribution in [2.75, 3.05) is 11.4 Å². The van der Waals surface area contributed by atoms with Crippen LogP contribution in [-0.4, -0.2) is 12.5 Å². The number of anilines is 1. The Hall–Kier alpha value is -0.580. The van der Waals surface area contributed by atoms with Crippen molar-refractivity contribution < 1.29 is 4.79 Å². The molecule has 0 aromatic heterocycles. The van der Waals surface area contributed by atoms with E-state index >= 15 is 0 Å². The molecule has 1 amide bonds. The number of fused-ring (bicyclic) bond motifs is 1. The smallest absolute Gasteiger partial charge is 0.231 e. The first-order valence-corrected chi connectivity index (χ1v) is 6.91. The standard InChI is InChI=1S/C13H14INO/c14-11-4-5-12-10(6-11)7-13(16)15(12)8-9-2-1-3-9/h4-6,9H,1-3,7-8H2. The van der Waals surface area contributed by atoms with E-state index in [0.717, 1.165) is 18.2 Å². The molecule has 1 aromatic rings. The summed E-state index contributed by atoms with van der Waals surface area (Å²) in [6.07, 6.45) is 4.53. The van der Waals surface area contributed by atoms with Crippen LogP contribution in [0.4, 0.5) is 5.69 Å². The third kappa shape index (κ3) is 1.75. The summed E-state index contributed by atoms with van der Waals surface area (Å²) in [4.78, 5) is 13.9. The van der Waals surface area contributed by atoms with Gasteiger partial charge in [0.1, 0.15) is 0 Å². The number of halogens is 1. The normalized spacial score (nSPS) is 19.8. The number of amides is 1. The molecule has 3 heteroatoms. The van der Waals surface area contributed by atoms with E-state index in [4.69, 9.17) is 0 Å². The van der Waals surface area contributed by atoms with Crippen molar-refractivity contribution in [2.45, 2.75) is 25.7 Å². The maximum atomic E-state index is 11.9. The van der Waals surface area contributed by atoms with Gasteiger partial charge < -0.3 is 4.90 Å². The van der Waals surface area contributed by atoms with Crippen molar-refractivity contribution in [3.8, 4) is 0 Å². The summed E-state index contributed by atoms with van der Waals surface area (Å²) in [7, 11) is 0. The van der Waals surface area contributed by atoms with Crippen molar-refractivity contribution in [1.82, 2.24) is 0 Å². The lowest BCUT2D eigenvalue weighted by atomic mass is 9.85. The number of rotatable bonds is 2. The lowest BCUT2D eigenvalue weighted by Crippen LogP contribution is -2.34. The molecule has 0 bridgehead atoms. The Morgan fingerprint density at radius 2 is 2.19 bits per heavy atom. The Balaban J connectivity index is 1.86. The van der Waals surface area contributed by atoms with E-state index in [2.05, 4.69) is 40.8 Å². The van der Waals surface area contributed by atoms with Crippen LogP contribution >= 0.6 is 22.6 Å². The van der Waals surface area contributed by atoms with Gasteiger partial charge in [-0.15, -0.1) is 0 Å². The molecule has 1 aliphatic heterocycles. The van der Waals surface area contributed by atoms with Gasteiger partial charge >= 0.3 is 0 Å². The second kappa shape index (κ2) is 4.02. The Morgan fingerprint density at radius 1 is 1.38 bits per heavy atom. The third-order valence-electron chi connectivity index (χ3n) is 3.64. The molecule has 0 radical (unpaired) electrons. The maximum Gasteiger partial charge on any atom is 0.231 e. The van der Waals surface area contributed by atoms with Gasteiger partial charge in [-0.25, -0.2) is 0 Å². The zero-order valence-electron chi connectivity index (χ0n) is 9.08. The molecule has 0 saturated heterocycles. The van der Waals surface area contributed by atoms with Crippen LogP contribution < -0.4 is 4.90 Å². The van der Waals surface area contributed by atoms with Crippen LogP contribution in [0.2, 0.25) is 0 Å². The SMILES string of the molecule is O=C1Cc2cc(I)ccc2N1CC1CCC1. The number of hydrogen-bond donors (Lipinski definition) is 0. The van der Waals surface area contributed by atoms with Crippen molar-refractivity contribution in [3.05, 3.63) is 27.3 Å². The topological polar surface area (TPSA) is 20.3 Å². The fraction of sp³-hybridized carbons (Fsp3) is 0.462. The molecule has 2 nitrogen and oxygen atoms in total. The number of nitrogens with zero attached hydrogens (tertiary/aromatic N) is 1. The van der Waals surface area contributed by atoms with Gasteiger partial charge in [0.25, 0.3) is 0 Å². The third-order valence-corrected chi connectivity index (χ3v) is 4.31. The molecule has 1 heterocycles. The average Bonchev–Trinajstić information content (AvgIpc) is 2.47. The molecular weight excluding hydrogens is 313 g/mol. The largest absolute Gasteiger partial charge is 0.312 e. The van der Waals surface area contributed by atoms with Crippen LogP contribution in [0.25, 0.3) is 0 Å². The number of carbonyl (C=O) groups is 1. The molecule has 16 heavy (non-hydrogen) atoms. The van der Waals surface area contributed by atoms with E-state index in [1.165, 1.54) is 28.4 Å². The van der Waals surface area contributed by atoms with Crippen molar-refractivity contribution >= 4 is 34.2 Å². The van der Waals surface area contributed by atoms with Crippen LogP contribution in [0.5, 0.6) is 0 Å². The van der Waals surface area contributed by atoms with Crippen LogP contribution in [0.15, 0.2) is 18.2 Å². The Bertz CT molecular complexity index is 440. The molecule has 1 aromatic carbocycles. The summed E-state index contributed by atoms with van der Waals surface area (Å²) in [6, 6.07) is 6.32. The first-order chi connectivity index (χ1) is 7.74. The monoisotopic (exact) mass is 327 g/mol. The highest BCUT2D eigenvalue weighted by Crippen LogP contribution is 2.34. The molecule has 0 atom stereocenters. The second-order valence-electron chi connectivity index (χ2n) is 4.75. The van der Waals surface area contributed by atoms with Crippen molar-refractivity contribution in [2.24, 2.45) is 5.92 Å². The van der Waals surface area contributed by atoms with Gasteiger partial charge in [-0.2, -0.15) is 0 Å². The quantitative estimate of drug-likeness (QED) is 0.765. The van der Waals surface area contributed by atoms with E-state index in [9.17, 15) is 4.79 Å². The van der Waals surface area contributed by atoms with Gasteiger partial charge in [-0.3, -0.25) is 4.79 Å². The molecule has 0 unspecified atom stereocenters. The minimum absolute atomic E-state index is 0.281. The zero-order valence-corrected chi connectivity index (χ0v) is 11.2. The van der Waals surface area contributed by atoms with Gasteiger partial charge in [0, 0.05) is 15.8 Å². The number of benzene rings is 1. The van der Waals surface area contributed by atoms with Crippen LogP contribution in [0.3, 0.4) is 0 Å². The highest BCUT2D eigenvalue weighted by atomic mass is 127. The van der Waals surface area contributed by atoms with Crippen molar-refractivity contribution in [1.29, 1.82) is 0 Å². The predicted octanol–water partition coefficient (Wildman–Crippen LogP) is 2.98. The summed E-state index contributed by atoms with van der Waals surface area (Å²) >= 11 is 2.30. The summed E-state index contributed by atoms with van der Waals surface area (Å²) < 4.78 is 1.22. The second-order valence-corrected chi connectivity index (χ2v) is 6.00. The average molecular weight is 327 g/mol. The van der Waals surface area contributed by atoms with E-state index in [0.29, 0.717) is 6.42 Å². The first-order valence-electron chi connectivity index (χ1n) is 5.83. The fourth-order valence-corrected chi connectivity index (χ4v) is 3.04. The minimum Gasteiger partial charge on any atom is -0.312 e. The predicted molar refractivity (Wildman–Crippen MR) is 72.6 cm³/mol. The van der Waals surface area contributed by atoms with Gasteiger partial charge in [0.05, 0.1) is 6.42 Å². The summed E-state index contributed by atoms with van der Waals surface area (Å²) in [5, 5.41) is 0. The van der Waals surface area contributed by atoms with Crippen LogP contribution in [0.1, 0.15) is 24.8 Å². The number of hydrogen-bond acceptors (Lipinski definition) is 1. The molecule has 0 N–H and O–H groups in total. The van der Waals surface area contributed by atoms with Gasteiger partial charge in [0.2, 0.25) is 5.91 Å². The summed E-state index contributed by atoms with van der Waals surface area (Å²) in [6.45, 7) is 0.937. The van der Waals surface area contributed by atoms with E-state index in [1.54, 1.807) is 0 Å². The molecular formula is C13H14INO. The van der Waals surface area contributed by atoms with Gasteiger partial charge in [0.15, 0.2) is 0 Å². The van der Waals surface area contributed by atoms with Crippen LogP contribution in [-0.2, 0) is 11.2 Å². The van der Waals surface area contributed by atoms with E-state index < -0.39 is 0 Å². The Labute approximate surface area is 109 Å². The summed E-state index contributed by atoms with van der Waals surface area (Å²) in [5.41, 5.74) is 2.36. The summed E-state index contributed by atoms with van der Waals surface area (Å²) in [5.74, 6) is 1.03. The highest BCUT2D eigenvalue weighted by Gasteiger charge is 2.30. The molecule has 3 rings (SSSR count). The minimum atomic E-state index is 0.281. The van der Waals surface area contributed by atoms with E-state index in [-0.39, 0.29) is 5.91 Å². The fourth-order valence-electron chi connectivity index (χ4n) is 2.49. The van der Waals surface area contributed by atoms with Crippen molar-refractivity contribution in [3.63, 3.8) is 0 Å². The molecule has 1 fully saturated rings. The first kappa shape index (κ1) is 10.6. The molecule has 84 valence electrons. The molecule has 0 spiro atoms. The number of carbonyl (C=O) groups excluding carboxylic acids is 1. The van der Waals surface area contributed by atoms with Crippen LogP contribution in [0, 0.1) is 9.49 Å². The molecule has 1 saturated carbocycles. The van der Waals surface area contributed by atoms with Gasteiger partial charge in [-0.1, -0.05) is 6.42 Å². The molecule has 1 aliphatic carbocycles. The zero-order chi connectivity index (χ0) is 11.1. The Morgan fingerprint density at radius 3 is 2.88 bits per heavy atom.